The number of nitrogens with one attached hydrogen (secondary N) is 1. The van der Waals surface area contributed by atoms with Crippen molar-refractivity contribution >= 4 is 11.6 Å². The van der Waals surface area contributed by atoms with Crippen LogP contribution >= 0.6 is 0 Å². The van der Waals surface area contributed by atoms with E-state index in [-0.39, 0.29) is 6.04 Å². The molecule has 2 aromatic heterocycles. The number of nitrogens with two attached hydrogens (primary N) is 1. The third-order valence-electron chi connectivity index (χ3n) is 3.19. The molecule has 0 fully saturated rings. The molecule has 0 saturated heterocycles. The lowest BCUT2D eigenvalue weighted by Gasteiger charge is -2.17. The van der Waals surface area contributed by atoms with Gasteiger partial charge in [0.15, 0.2) is 0 Å². The highest BCUT2D eigenvalue weighted by Gasteiger charge is 2.12. The van der Waals surface area contributed by atoms with Crippen molar-refractivity contribution in [2.75, 3.05) is 11.1 Å². The molecule has 0 spiro atoms. The number of aryl methyl sites for hydroxylation is 1. The Morgan fingerprint density at radius 2 is 2.10 bits per heavy atom. The van der Waals surface area contributed by atoms with Crippen LogP contribution in [0.2, 0.25) is 0 Å². The van der Waals surface area contributed by atoms with Gasteiger partial charge in [-0.15, -0.1) is 0 Å². The zero-order chi connectivity index (χ0) is 14.5. The van der Waals surface area contributed by atoms with Gasteiger partial charge in [0.05, 0.1) is 11.7 Å². The lowest BCUT2D eigenvalue weighted by Crippen LogP contribution is -2.13. The maximum Gasteiger partial charge on any atom is 0.135 e. The summed E-state index contributed by atoms with van der Waals surface area (Å²) in [7, 11) is 0. The lowest BCUT2D eigenvalue weighted by molar-refractivity contribution is 0.803. The number of nitrogen functional groups attached to an aromatic ring is 1. The molecule has 0 aliphatic carbocycles. The standard InChI is InChI=1S/C15H21N5/c1-4-7-13-19-14(16)10(2)15(20-13)18-11(3)12-8-5-6-9-17-12/h5-6,8-9,11H,4,7H2,1-3H3,(H3,16,18,19,20). The van der Waals surface area contributed by atoms with Crippen LogP contribution in [-0.4, -0.2) is 15.0 Å². The third kappa shape index (κ3) is 3.23. The summed E-state index contributed by atoms with van der Waals surface area (Å²) in [6.45, 7) is 6.08. The maximum absolute atomic E-state index is 5.96. The normalized spacial score (nSPS) is 12.2. The molecule has 0 amide bonds. The van der Waals surface area contributed by atoms with Crippen molar-refractivity contribution in [3.8, 4) is 0 Å². The Morgan fingerprint density at radius 3 is 2.75 bits per heavy atom. The largest absolute Gasteiger partial charge is 0.383 e. The predicted octanol–water partition coefficient (Wildman–Crippen LogP) is 2.89. The molecule has 5 heteroatoms. The summed E-state index contributed by atoms with van der Waals surface area (Å²) >= 11 is 0. The number of pyridine rings is 1. The predicted molar refractivity (Wildman–Crippen MR) is 81.5 cm³/mol. The smallest absolute Gasteiger partial charge is 0.135 e. The van der Waals surface area contributed by atoms with E-state index in [9.17, 15) is 0 Å². The van der Waals surface area contributed by atoms with Crippen molar-refractivity contribution < 1.29 is 0 Å². The minimum absolute atomic E-state index is 0.0682. The van der Waals surface area contributed by atoms with Crippen LogP contribution in [0.5, 0.6) is 0 Å². The molecule has 0 saturated carbocycles. The highest BCUT2D eigenvalue weighted by molar-refractivity contribution is 5.55. The summed E-state index contributed by atoms with van der Waals surface area (Å²) in [4.78, 5) is 13.2. The topological polar surface area (TPSA) is 76.7 Å². The highest BCUT2D eigenvalue weighted by Crippen LogP contribution is 2.22. The molecule has 2 aromatic rings. The molecule has 1 atom stereocenters. The molecule has 2 rings (SSSR count). The van der Waals surface area contributed by atoms with Gasteiger partial charge in [0.1, 0.15) is 17.5 Å². The number of nitrogens with zero attached hydrogens (tertiary/aromatic N) is 3. The van der Waals surface area contributed by atoms with Crippen LogP contribution < -0.4 is 11.1 Å². The third-order valence-corrected chi connectivity index (χ3v) is 3.19. The van der Waals surface area contributed by atoms with E-state index in [4.69, 9.17) is 5.73 Å². The van der Waals surface area contributed by atoms with Crippen molar-refractivity contribution in [3.63, 3.8) is 0 Å². The summed E-state index contributed by atoms with van der Waals surface area (Å²) in [6.07, 6.45) is 3.62. The Balaban J connectivity index is 2.24. The molecule has 1 unspecified atom stereocenters. The molecule has 0 aliphatic heterocycles. The molecule has 20 heavy (non-hydrogen) atoms. The van der Waals surface area contributed by atoms with Gasteiger partial charge in [0.2, 0.25) is 0 Å². The minimum Gasteiger partial charge on any atom is -0.383 e. The van der Waals surface area contributed by atoms with Gasteiger partial charge in [-0.05, 0) is 32.4 Å². The molecule has 0 aliphatic rings. The van der Waals surface area contributed by atoms with Gasteiger partial charge in [-0.25, -0.2) is 9.97 Å². The van der Waals surface area contributed by atoms with E-state index < -0.39 is 0 Å². The Hall–Kier alpha value is -2.17. The van der Waals surface area contributed by atoms with E-state index in [0.717, 1.165) is 35.7 Å². The van der Waals surface area contributed by atoms with Crippen molar-refractivity contribution in [3.05, 3.63) is 41.5 Å². The molecule has 3 N–H and O–H groups in total. The van der Waals surface area contributed by atoms with Crippen LogP contribution in [0, 0.1) is 6.92 Å². The Morgan fingerprint density at radius 1 is 1.30 bits per heavy atom. The number of aromatic nitrogens is 3. The summed E-state index contributed by atoms with van der Waals surface area (Å²) in [6, 6.07) is 5.94. The van der Waals surface area contributed by atoms with Crippen molar-refractivity contribution in [1.29, 1.82) is 0 Å². The molecule has 2 heterocycles. The Kier molecular flexibility index (Phi) is 4.50. The average Bonchev–Trinajstić information content (AvgIpc) is 2.45. The van der Waals surface area contributed by atoms with Crippen molar-refractivity contribution in [2.24, 2.45) is 0 Å². The van der Waals surface area contributed by atoms with Gasteiger partial charge in [-0.1, -0.05) is 13.0 Å². The van der Waals surface area contributed by atoms with E-state index in [0.29, 0.717) is 5.82 Å². The SMILES string of the molecule is CCCc1nc(N)c(C)c(NC(C)c2ccccn2)n1. The first-order chi connectivity index (χ1) is 9.61. The van der Waals surface area contributed by atoms with E-state index >= 15 is 0 Å². The molecule has 5 nitrogen and oxygen atoms in total. The monoisotopic (exact) mass is 271 g/mol. The van der Waals surface area contributed by atoms with E-state index in [1.165, 1.54) is 0 Å². The van der Waals surface area contributed by atoms with Gasteiger partial charge < -0.3 is 11.1 Å². The second kappa shape index (κ2) is 6.32. The van der Waals surface area contributed by atoms with Gasteiger partial charge in [0, 0.05) is 18.2 Å². The highest BCUT2D eigenvalue weighted by atomic mass is 15.1. The van der Waals surface area contributed by atoms with Crippen LogP contribution in [0.4, 0.5) is 11.6 Å². The fourth-order valence-electron chi connectivity index (χ4n) is 1.97. The van der Waals surface area contributed by atoms with E-state index in [2.05, 4.69) is 34.1 Å². The van der Waals surface area contributed by atoms with Gasteiger partial charge in [-0.2, -0.15) is 0 Å². The molecule has 106 valence electrons. The molecule has 0 bridgehead atoms. The van der Waals surface area contributed by atoms with E-state index in [1.54, 1.807) is 6.20 Å². The fraction of sp³-hybridized carbons (Fsp3) is 0.400. The summed E-state index contributed by atoms with van der Waals surface area (Å²) in [5, 5.41) is 3.37. The first-order valence-corrected chi connectivity index (χ1v) is 6.92. The first kappa shape index (κ1) is 14.2. The number of rotatable bonds is 5. The van der Waals surface area contributed by atoms with Gasteiger partial charge in [0.25, 0.3) is 0 Å². The summed E-state index contributed by atoms with van der Waals surface area (Å²) in [5.74, 6) is 2.12. The van der Waals surface area contributed by atoms with Gasteiger partial charge >= 0.3 is 0 Å². The van der Waals surface area contributed by atoms with Crippen LogP contribution in [0.15, 0.2) is 24.4 Å². The van der Waals surface area contributed by atoms with Crippen molar-refractivity contribution in [2.45, 2.75) is 39.7 Å². The number of anilines is 2. The van der Waals surface area contributed by atoms with Crippen LogP contribution in [0.25, 0.3) is 0 Å². The zero-order valence-electron chi connectivity index (χ0n) is 12.2. The maximum atomic E-state index is 5.96. The molecule has 0 aromatic carbocycles. The number of hydrogen-bond acceptors (Lipinski definition) is 5. The van der Waals surface area contributed by atoms with Crippen LogP contribution in [-0.2, 0) is 6.42 Å². The van der Waals surface area contributed by atoms with Crippen molar-refractivity contribution in [1.82, 2.24) is 15.0 Å². The Bertz CT molecular complexity index is 568. The van der Waals surface area contributed by atoms with Gasteiger partial charge in [-0.3, -0.25) is 4.98 Å². The average molecular weight is 271 g/mol. The van der Waals surface area contributed by atoms with E-state index in [1.807, 2.05) is 25.1 Å². The molecular weight excluding hydrogens is 250 g/mol. The second-order valence-corrected chi connectivity index (χ2v) is 4.87. The second-order valence-electron chi connectivity index (χ2n) is 4.87. The first-order valence-electron chi connectivity index (χ1n) is 6.92. The molecule has 0 radical (unpaired) electrons. The van der Waals surface area contributed by atoms with Crippen LogP contribution in [0.1, 0.15) is 43.4 Å². The fourth-order valence-corrected chi connectivity index (χ4v) is 1.97. The lowest BCUT2D eigenvalue weighted by atomic mass is 10.2. The Labute approximate surface area is 119 Å². The quantitative estimate of drug-likeness (QED) is 0.874. The zero-order valence-corrected chi connectivity index (χ0v) is 12.2. The van der Waals surface area contributed by atoms with Crippen LogP contribution in [0.3, 0.4) is 0 Å². The summed E-state index contributed by atoms with van der Waals surface area (Å²) in [5.41, 5.74) is 7.81. The number of hydrogen-bond donors (Lipinski definition) is 2. The minimum atomic E-state index is 0.0682. The molecular formula is C15H21N5. The summed E-state index contributed by atoms with van der Waals surface area (Å²) < 4.78 is 0.